The van der Waals surface area contributed by atoms with E-state index in [4.69, 9.17) is 0 Å². The van der Waals surface area contributed by atoms with E-state index in [2.05, 4.69) is 45.7 Å². The molecular formula is C18H23N3OS2. The Morgan fingerprint density at radius 2 is 2.25 bits per heavy atom. The summed E-state index contributed by atoms with van der Waals surface area (Å²) in [5.74, 6) is 0.134. The van der Waals surface area contributed by atoms with E-state index in [9.17, 15) is 4.79 Å². The Bertz CT molecular complexity index is 643. The summed E-state index contributed by atoms with van der Waals surface area (Å²) in [6.45, 7) is 1.75. The number of rotatable bonds is 7. The molecule has 128 valence electrons. The van der Waals surface area contributed by atoms with Crippen molar-refractivity contribution in [2.75, 3.05) is 24.2 Å². The molecule has 1 N–H and O–H groups in total. The average molecular weight is 362 g/mol. The van der Waals surface area contributed by atoms with Crippen molar-refractivity contribution in [2.45, 2.75) is 36.6 Å². The second-order valence-corrected chi connectivity index (χ2v) is 7.71. The summed E-state index contributed by atoms with van der Waals surface area (Å²) < 4.78 is 0. The molecule has 1 atom stereocenters. The zero-order valence-corrected chi connectivity index (χ0v) is 15.5. The van der Waals surface area contributed by atoms with Gasteiger partial charge in [-0.2, -0.15) is 0 Å². The Hall–Kier alpha value is -1.53. The van der Waals surface area contributed by atoms with E-state index in [0.29, 0.717) is 19.0 Å². The molecule has 2 aromatic rings. The summed E-state index contributed by atoms with van der Waals surface area (Å²) in [4.78, 5) is 20.1. The third-order valence-corrected chi connectivity index (χ3v) is 5.93. The van der Waals surface area contributed by atoms with Crippen LogP contribution in [-0.2, 0) is 11.2 Å². The zero-order chi connectivity index (χ0) is 16.8. The van der Waals surface area contributed by atoms with Crippen molar-refractivity contribution >= 4 is 34.1 Å². The second kappa shape index (κ2) is 8.53. The maximum Gasteiger partial charge on any atom is 0.220 e. The lowest BCUT2D eigenvalue weighted by molar-refractivity contribution is -0.121. The van der Waals surface area contributed by atoms with E-state index in [1.807, 2.05) is 11.6 Å². The van der Waals surface area contributed by atoms with Gasteiger partial charge >= 0.3 is 0 Å². The number of nitrogens with one attached hydrogen (secondary N) is 1. The Kier molecular flexibility index (Phi) is 6.15. The van der Waals surface area contributed by atoms with Crippen LogP contribution in [0.15, 0.2) is 40.7 Å². The van der Waals surface area contributed by atoms with E-state index >= 15 is 0 Å². The van der Waals surface area contributed by atoms with Gasteiger partial charge in [0.15, 0.2) is 5.13 Å². The lowest BCUT2D eigenvalue weighted by Crippen LogP contribution is -2.40. The molecule has 4 nitrogen and oxygen atoms in total. The Morgan fingerprint density at radius 1 is 1.42 bits per heavy atom. The summed E-state index contributed by atoms with van der Waals surface area (Å²) in [6, 6.07) is 8.83. The van der Waals surface area contributed by atoms with Crippen molar-refractivity contribution < 1.29 is 4.79 Å². The van der Waals surface area contributed by atoms with Crippen LogP contribution in [0.4, 0.5) is 5.13 Å². The van der Waals surface area contributed by atoms with Crippen LogP contribution in [0.1, 0.15) is 24.8 Å². The van der Waals surface area contributed by atoms with Gasteiger partial charge < -0.3 is 10.2 Å². The molecule has 2 heterocycles. The van der Waals surface area contributed by atoms with Gasteiger partial charge in [-0.25, -0.2) is 4.98 Å². The highest BCUT2D eigenvalue weighted by atomic mass is 32.2. The SMILES string of the molecule is CSc1ccc(CCC(=O)NCC2CCCN2c2nccs2)cc1. The lowest BCUT2D eigenvalue weighted by atomic mass is 10.1. The number of thioether (sulfide) groups is 1. The van der Waals surface area contributed by atoms with Crippen molar-refractivity contribution in [3.63, 3.8) is 0 Å². The molecule has 1 amide bonds. The molecule has 6 heteroatoms. The zero-order valence-electron chi connectivity index (χ0n) is 13.9. The number of carbonyl (C=O) groups excluding carboxylic acids is 1. The van der Waals surface area contributed by atoms with Crippen molar-refractivity contribution in [3.05, 3.63) is 41.4 Å². The molecular weight excluding hydrogens is 338 g/mol. The molecule has 3 rings (SSSR count). The number of aryl methyl sites for hydroxylation is 1. The average Bonchev–Trinajstić information content (AvgIpc) is 3.29. The predicted octanol–water partition coefficient (Wildman–Crippen LogP) is 3.58. The summed E-state index contributed by atoms with van der Waals surface area (Å²) >= 11 is 3.40. The van der Waals surface area contributed by atoms with Gasteiger partial charge in [0.05, 0.1) is 0 Å². The first-order valence-electron chi connectivity index (χ1n) is 8.32. The van der Waals surface area contributed by atoms with E-state index in [0.717, 1.165) is 24.5 Å². The molecule has 1 aromatic heterocycles. The normalized spacial score (nSPS) is 17.2. The number of anilines is 1. The predicted molar refractivity (Wildman–Crippen MR) is 102 cm³/mol. The van der Waals surface area contributed by atoms with E-state index in [1.54, 1.807) is 23.1 Å². The van der Waals surface area contributed by atoms with Gasteiger partial charge in [-0.05, 0) is 43.2 Å². The number of amides is 1. The molecule has 1 aliphatic heterocycles. The Labute approximate surface area is 151 Å². The topological polar surface area (TPSA) is 45.2 Å². The summed E-state index contributed by atoms with van der Waals surface area (Å²) in [5.41, 5.74) is 1.22. The molecule has 1 saturated heterocycles. The lowest BCUT2D eigenvalue weighted by Gasteiger charge is -2.24. The highest BCUT2D eigenvalue weighted by Gasteiger charge is 2.26. The van der Waals surface area contributed by atoms with Gasteiger partial charge in [-0.1, -0.05) is 12.1 Å². The highest BCUT2D eigenvalue weighted by Crippen LogP contribution is 2.26. The van der Waals surface area contributed by atoms with Gasteiger partial charge in [0, 0.05) is 42.0 Å². The van der Waals surface area contributed by atoms with Gasteiger partial charge in [0.1, 0.15) is 0 Å². The van der Waals surface area contributed by atoms with Gasteiger partial charge in [0.25, 0.3) is 0 Å². The molecule has 1 aromatic carbocycles. The van der Waals surface area contributed by atoms with Gasteiger partial charge in [-0.15, -0.1) is 23.1 Å². The standard InChI is InChI=1S/C18H23N3OS2/c1-23-16-7-4-14(5-8-16)6-9-17(22)20-13-15-3-2-11-21(15)18-19-10-12-24-18/h4-5,7-8,10,12,15H,2-3,6,9,11,13H2,1H3,(H,20,22). The maximum absolute atomic E-state index is 12.1. The molecule has 1 fully saturated rings. The molecule has 0 radical (unpaired) electrons. The van der Waals surface area contributed by atoms with E-state index in [1.165, 1.54) is 16.9 Å². The summed E-state index contributed by atoms with van der Waals surface area (Å²) in [7, 11) is 0. The minimum Gasteiger partial charge on any atom is -0.354 e. The maximum atomic E-state index is 12.1. The monoisotopic (exact) mass is 361 g/mol. The molecule has 0 bridgehead atoms. The van der Waals surface area contributed by atoms with Gasteiger partial charge in [0.2, 0.25) is 5.91 Å². The Morgan fingerprint density at radius 3 is 2.96 bits per heavy atom. The number of aromatic nitrogens is 1. The minimum absolute atomic E-state index is 0.134. The number of thiazole rings is 1. The third kappa shape index (κ3) is 4.51. The quantitative estimate of drug-likeness (QED) is 0.766. The van der Waals surface area contributed by atoms with Crippen LogP contribution in [0.5, 0.6) is 0 Å². The minimum atomic E-state index is 0.134. The van der Waals surface area contributed by atoms with Crippen LogP contribution in [0.25, 0.3) is 0 Å². The summed E-state index contributed by atoms with van der Waals surface area (Å²) in [5, 5.41) is 6.18. The van der Waals surface area contributed by atoms with Crippen LogP contribution in [0.2, 0.25) is 0 Å². The smallest absolute Gasteiger partial charge is 0.220 e. The van der Waals surface area contributed by atoms with Crippen LogP contribution >= 0.6 is 23.1 Å². The second-order valence-electron chi connectivity index (χ2n) is 5.96. The Balaban J connectivity index is 1.43. The molecule has 1 aliphatic rings. The molecule has 1 unspecified atom stereocenters. The number of benzene rings is 1. The number of nitrogens with zero attached hydrogens (tertiary/aromatic N) is 2. The van der Waals surface area contributed by atoms with Crippen LogP contribution in [0, 0.1) is 0 Å². The molecule has 0 saturated carbocycles. The van der Waals surface area contributed by atoms with Crippen molar-refractivity contribution in [1.82, 2.24) is 10.3 Å². The highest BCUT2D eigenvalue weighted by molar-refractivity contribution is 7.98. The van der Waals surface area contributed by atoms with Crippen LogP contribution < -0.4 is 10.2 Å². The first-order chi connectivity index (χ1) is 11.8. The third-order valence-electron chi connectivity index (χ3n) is 4.38. The van der Waals surface area contributed by atoms with Gasteiger partial charge in [-0.3, -0.25) is 4.79 Å². The van der Waals surface area contributed by atoms with Crippen molar-refractivity contribution in [2.24, 2.45) is 0 Å². The van der Waals surface area contributed by atoms with Crippen LogP contribution in [0.3, 0.4) is 0 Å². The molecule has 0 spiro atoms. The van der Waals surface area contributed by atoms with Crippen molar-refractivity contribution in [1.29, 1.82) is 0 Å². The molecule has 0 aliphatic carbocycles. The van der Waals surface area contributed by atoms with Crippen molar-refractivity contribution in [3.8, 4) is 0 Å². The molecule has 24 heavy (non-hydrogen) atoms. The fourth-order valence-corrected chi connectivity index (χ4v) is 4.18. The number of carbonyl (C=O) groups is 1. The first-order valence-corrected chi connectivity index (χ1v) is 10.4. The number of hydrogen-bond donors (Lipinski definition) is 1. The largest absolute Gasteiger partial charge is 0.354 e. The van der Waals surface area contributed by atoms with E-state index < -0.39 is 0 Å². The van der Waals surface area contributed by atoms with Crippen LogP contribution in [-0.4, -0.2) is 36.3 Å². The number of hydrogen-bond acceptors (Lipinski definition) is 5. The fraction of sp³-hybridized carbons (Fsp3) is 0.444. The van der Waals surface area contributed by atoms with E-state index in [-0.39, 0.29) is 5.91 Å². The fourth-order valence-electron chi connectivity index (χ4n) is 3.03. The first kappa shape index (κ1) is 17.3. The summed E-state index contributed by atoms with van der Waals surface area (Å²) in [6.07, 6.45) is 7.54.